The molecule has 1 heterocycles. The van der Waals surface area contributed by atoms with Gasteiger partial charge in [-0.3, -0.25) is 5.32 Å². The molecule has 0 aliphatic carbocycles. The van der Waals surface area contributed by atoms with Gasteiger partial charge >= 0.3 is 6.09 Å². The molecule has 0 saturated heterocycles. The summed E-state index contributed by atoms with van der Waals surface area (Å²) < 4.78 is 4.78. The molecule has 0 spiro atoms. The molecule has 0 unspecified atom stereocenters. The van der Waals surface area contributed by atoms with Crippen molar-refractivity contribution in [1.82, 2.24) is 4.98 Å². The summed E-state index contributed by atoms with van der Waals surface area (Å²) in [6, 6.07) is 0. The van der Waals surface area contributed by atoms with Crippen molar-refractivity contribution >= 4 is 33.1 Å². The Morgan fingerprint density at radius 1 is 1.63 bits per heavy atom. The maximum absolute atomic E-state index is 11.3. The fourth-order valence-electron chi connectivity index (χ4n) is 1.37. The monoisotopic (exact) mass is 279 g/mol. The van der Waals surface area contributed by atoms with Crippen molar-refractivity contribution in [3.05, 3.63) is 36.6 Å². The molecule has 6 heteroatoms. The lowest BCUT2D eigenvalue weighted by atomic mass is 10.1. The van der Waals surface area contributed by atoms with Crippen LogP contribution in [0.4, 0.5) is 14.9 Å². The third-order valence-corrected chi connectivity index (χ3v) is 2.85. The first-order chi connectivity index (χ1) is 9.12. The third kappa shape index (κ3) is 4.26. The van der Waals surface area contributed by atoms with Gasteiger partial charge in [-0.25, -0.2) is 9.78 Å². The number of nitrogens with one attached hydrogen (secondary N) is 1. The highest BCUT2D eigenvalue weighted by Crippen LogP contribution is 2.31. The number of carbonyl (C=O) groups excluding carboxylic acids is 1. The number of aromatic nitrogens is 1. The average Bonchev–Trinajstić information content (AvgIpc) is 2.70. The SMILES string of the molecule is C=C/C=C(\C=C/C)c1nc(NC(=O)OCC)sc1N. The lowest BCUT2D eigenvalue weighted by Gasteiger charge is -2.00. The van der Waals surface area contributed by atoms with E-state index in [1.54, 1.807) is 19.1 Å². The molecule has 19 heavy (non-hydrogen) atoms. The Balaban J connectivity index is 2.98. The van der Waals surface area contributed by atoms with Crippen molar-refractivity contribution in [2.24, 2.45) is 0 Å². The molecule has 1 aromatic rings. The Hall–Kier alpha value is -2.08. The van der Waals surface area contributed by atoms with Gasteiger partial charge in [-0.2, -0.15) is 0 Å². The van der Waals surface area contributed by atoms with Crippen LogP contribution in [0.1, 0.15) is 19.5 Å². The first kappa shape index (κ1) is 15.0. The number of hydrogen-bond donors (Lipinski definition) is 2. The largest absolute Gasteiger partial charge is 0.450 e. The standard InChI is InChI=1S/C13H17N3O2S/c1-4-7-9(8-5-2)10-11(14)19-12(15-10)16-13(17)18-6-3/h4-5,7-8H,1,6,14H2,2-3H3,(H,15,16,17)/b8-5-,9-7+. The van der Waals surface area contributed by atoms with Crippen LogP contribution in [-0.4, -0.2) is 17.7 Å². The minimum atomic E-state index is -0.539. The number of allylic oxidation sites excluding steroid dienone is 5. The zero-order chi connectivity index (χ0) is 14.3. The maximum Gasteiger partial charge on any atom is 0.413 e. The normalized spacial score (nSPS) is 11.6. The smallest absolute Gasteiger partial charge is 0.413 e. The minimum Gasteiger partial charge on any atom is -0.450 e. The van der Waals surface area contributed by atoms with Gasteiger partial charge in [0.15, 0.2) is 5.13 Å². The van der Waals surface area contributed by atoms with E-state index >= 15 is 0 Å². The van der Waals surface area contributed by atoms with E-state index in [-0.39, 0.29) is 0 Å². The highest BCUT2D eigenvalue weighted by Gasteiger charge is 2.13. The molecule has 0 saturated carbocycles. The second-order valence-corrected chi connectivity index (χ2v) is 4.47. The predicted octanol–water partition coefficient (Wildman–Crippen LogP) is 3.44. The quantitative estimate of drug-likeness (QED) is 0.809. The molecule has 1 aromatic heterocycles. The van der Waals surface area contributed by atoms with Gasteiger partial charge < -0.3 is 10.5 Å². The third-order valence-electron chi connectivity index (χ3n) is 2.05. The number of anilines is 2. The Morgan fingerprint density at radius 3 is 2.95 bits per heavy atom. The van der Waals surface area contributed by atoms with E-state index in [1.165, 1.54) is 11.3 Å². The number of thiazole rings is 1. The molecular weight excluding hydrogens is 262 g/mol. The van der Waals surface area contributed by atoms with Crippen LogP contribution >= 0.6 is 11.3 Å². The van der Waals surface area contributed by atoms with Crippen LogP contribution in [0.3, 0.4) is 0 Å². The molecule has 1 rings (SSSR count). The van der Waals surface area contributed by atoms with Gasteiger partial charge in [0.1, 0.15) is 10.7 Å². The van der Waals surface area contributed by atoms with Crippen LogP contribution in [0.2, 0.25) is 0 Å². The molecule has 0 fully saturated rings. The highest BCUT2D eigenvalue weighted by atomic mass is 32.1. The maximum atomic E-state index is 11.3. The summed E-state index contributed by atoms with van der Waals surface area (Å²) in [5.74, 6) is 0. The highest BCUT2D eigenvalue weighted by molar-refractivity contribution is 7.19. The van der Waals surface area contributed by atoms with Crippen molar-refractivity contribution in [2.45, 2.75) is 13.8 Å². The van der Waals surface area contributed by atoms with Crippen LogP contribution in [0.15, 0.2) is 30.9 Å². The van der Waals surface area contributed by atoms with Gasteiger partial charge in [0.05, 0.1) is 6.61 Å². The van der Waals surface area contributed by atoms with Crippen molar-refractivity contribution in [3.8, 4) is 0 Å². The summed E-state index contributed by atoms with van der Waals surface area (Å²) in [4.78, 5) is 15.6. The second kappa shape index (κ2) is 7.38. The van der Waals surface area contributed by atoms with Gasteiger partial charge in [0, 0.05) is 5.57 Å². The average molecular weight is 279 g/mol. The number of hydrogen-bond acceptors (Lipinski definition) is 5. The van der Waals surface area contributed by atoms with Crippen molar-refractivity contribution in [2.75, 3.05) is 17.7 Å². The number of nitrogens with zero attached hydrogens (tertiary/aromatic N) is 1. The molecule has 0 aromatic carbocycles. The van der Waals surface area contributed by atoms with Gasteiger partial charge in [-0.05, 0) is 13.8 Å². The van der Waals surface area contributed by atoms with E-state index in [0.717, 1.165) is 5.57 Å². The van der Waals surface area contributed by atoms with Crippen LogP contribution in [0.25, 0.3) is 5.57 Å². The van der Waals surface area contributed by atoms with E-state index in [2.05, 4.69) is 16.9 Å². The Morgan fingerprint density at radius 2 is 2.37 bits per heavy atom. The lowest BCUT2D eigenvalue weighted by molar-refractivity contribution is 0.168. The number of nitrogens with two attached hydrogens (primary N) is 1. The van der Waals surface area contributed by atoms with Gasteiger partial charge in [0.2, 0.25) is 0 Å². The number of rotatable bonds is 5. The summed E-state index contributed by atoms with van der Waals surface area (Å²) in [6.45, 7) is 7.59. The molecular formula is C13H17N3O2S. The summed E-state index contributed by atoms with van der Waals surface area (Å²) in [5, 5.41) is 3.47. The number of amides is 1. The fraction of sp³-hybridized carbons (Fsp3) is 0.231. The number of ether oxygens (including phenoxy) is 1. The topological polar surface area (TPSA) is 77.2 Å². The van der Waals surface area contributed by atoms with Crippen molar-refractivity contribution in [1.29, 1.82) is 0 Å². The Bertz CT molecular complexity index is 518. The van der Waals surface area contributed by atoms with Gasteiger partial charge in [-0.1, -0.05) is 42.2 Å². The molecule has 3 N–H and O–H groups in total. The fourth-order valence-corrected chi connectivity index (χ4v) is 2.11. The molecule has 0 aliphatic rings. The Kier molecular flexibility index (Phi) is 5.81. The second-order valence-electron chi connectivity index (χ2n) is 3.44. The van der Waals surface area contributed by atoms with E-state index in [0.29, 0.717) is 22.4 Å². The first-order valence-corrected chi connectivity index (χ1v) is 6.59. The zero-order valence-electron chi connectivity index (χ0n) is 11.0. The summed E-state index contributed by atoms with van der Waals surface area (Å²) in [7, 11) is 0. The van der Waals surface area contributed by atoms with E-state index in [1.807, 2.05) is 19.1 Å². The molecule has 0 atom stereocenters. The van der Waals surface area contributed by atoms with E-state index in [9.17, 15) is 4.79 Å². The Labute approximate surface area is 116 Å². The predicted molar refractivity (Wildman–Crippen MR) is 80.2 cm³/mol. The first-order valence-electron chi connectivity index (χ1n) is 5.78. The minimum absolute atomic E-state index is 0.305. The van der Waals surface area contributed by atoms with Gasteiger partial charge in [0.25, 0.3) is 0 Å². The summed E-state index contributed by atoms with van der Waals surface area (Å²) >= 11 is 1.19. The van der Waals surface area contributed by atoms with Crippen LogP contribution in [0, 0.1) is 0 Å². The van der Waals surface area contributed by atoms with Crippen LogP contribution in [-0.2, 0) is 4.74 Å². The summed E-state index contributed by atoms with van der Waals surface area (Å²) in [5.41, 5.74) is 7.36. The molecule has 102 valence electrons. The van der Waals surface area contributed by atoms with Crippen molar-refractivity contribution < 1.29 is 9.53 Å². The van der Waals surface area contributed by atoms with Crippen LogP contribution < -0.4 is 11.1 Å². The molecule has 0 aliphatic heterocycles. The summed E-state index contributed by atoms with van der Waals surface area (Å²) in [6.07, 6.45) is 6.68. The lowest BCUT2D eigenvalue weighted by Crippen LogP contribution is -2.12. The molecule has 0 bridgehead atoms. The van der Waals surface area contributed by atoms with E-state index < -0.39 is 6.09 Å². The molecule has 5 nitrogen and oxygen atoms in total. The van der Waals surface area contributed by atoms with Gasteiger partial charge in [-0.15, -0.1) is 0 Å². The van der Waals surface area contributed by atoms with Crippen LogP contribution in [0.5, 0.6) is 0 Å². The zero-order valence-corrected chi connectivity index (χ0v) is 11.8. The number of carbonyl (C=O) groups is 1. The molecule has 0 radical (unpaired) electrons. The van der Waals surface area contributed by atoms with E-state index in [4.69, 9.17) is 10.5 Å². The number of nitrogen functional groups attached to an aromatic ring is 1. The van der Waals surface area contributed by atoms with Crippen molar-refractivity contribution in [3.63, 3.8) is 0 Å². The molecule has 1 amide bonds.